The first kappa shape index (κ1) is 20.3. The van der Waals surface area contributed by atoms with Crippen molar-refractivity contribution in [1.82, 2.24) is 10.3 Å². The molecule has 156 valence electrons. The molecule has 2 amide bonds. The van der Waals surface area contributed by atoms with Crippen molar-refractivity contribution in [2.24, 2.45) is 0 Å². The van der Waals surface area contributed by atoms with E-state index in [1.807, 2.05) is 50.2 Å². The van der Waals surface area contributed by atoms with E-state index in [9.17, 15) is 9.59 Å². The summed E-state index contributed by atoms with van der Waals surface area (Å²) >= 11 is 1.45. The van der Waals surface area contributed by atoms with Gasteiger partial charge in [0.1, 0.15) is 17.6 Å². The summed E-state index contributed by atoms with van der Waals surface area (Å²) in [6.45, 7) is 4.69. The van der Waals surface area contributed by atoms with E-state index in [2.05, 4.69) is 15.6 Å². The second kappa shape index (κ2) is 8.81. The van der Waals surface area contributed by atoms with Gasteiger partial charge in [0, 0.05) is 22.7 Å². The fourth-order valence-electron chi connectivity index (χ4n) is 3.26. The highest BCUT2D eigenvalue weighted by Crippen LogP contribution is 2.25. The van der Waals surface area contributed by atoms with Crippen molar-refractivity contribution in [3.63, 3.8) is 0 Å². The molecule has 0 aliphatic carbocycles. The van der Waals surface area contributed by atoms with Gasteiger partial charge in [0.2, 0.25) is 11.8 Å². The van der Waals surface area contributed by atoms with Gasteiger partial charge in [-0.15, -0.1) is 11.3 Å². The van der Waals surface area contributed by atoms with Crippen LogP contribution in [0.3, 0.4) is 0 Å². The van der Waals surface area contributed by atoms with Crippen LogP contribution in [-0.2, 0) is 16.1 Å². The number of carbonyl (C=O) groups excluding carboxylic acids is 2. The molecule has 8 heteroatoms. The van der Waals surface area contributed by atoms with E-state index in [1.54, 1.807) is 0 Å². The SMILES string of the molecule is Cc1ccc(C(=O)Nc2cccc(-c3nc(CNC(=O)C4CCCO4)c(C)o3)c2)s1. The topological polar surface area (TPSA) is 93.5 Å². The number of nitrogens with zero attached hydrogens (tertiary/aromatic N) is 1. The zero-order valence-electron chi connectivity index (χ0n) is 16.9. The predicted molar refractivity (Wildman–Crippen MR) is 115 cm³/mol. The number of aromatic nitrogens is 1. The van der Waals surface area contributed by atoms with Gasteiger partial charge in [-0.2, -0.15) is 0 Å². The van der Waals surface area contributed by atoms with Crippen molar-refractivity contribution in [2.45, 2.75) is 39.3 Å². The zero-order chi connectivity index (χ0) is 21.1. The molecule has 1 fully saturated rings. The van der Waals surface area contributed by atoms with E-state index in [0.717, 1.165) is 23.3 Å². The molecule has 4 rings (SSSR count). The first-order valence-electron chi connectivity index (χ1n) is 9.83. The minimum absolute atomic E-state index is 0.120. The number of aryl methyl sites for hydroxylation is 2. The van der Waals surface area contributed by atoms with E-state index in [-0.39, 0.29) is 24.5 Å². The molecule has 1 saturated heterocycles. The molecule has 7 nitrogen and oxygen atoms in total. The summed E-state index contributed by atoms with van der Waals surface area (Å²) < 4.78 is 11.2. The number of oxazole rings is 1. The van der Waals surface area contributed by atoms with E-state index in [4.69, 9.17) is 9.15 Å². The van der Waals surface area contributed by atoms with Crippen LogP contribution in [0.4, 0.5) is 5.69 Å². The van der Waals surface area contributed by atoms with Crippen molar-refractivity contribution in [2.75, 3.05) is 11.9 Å². The second-order valence-electron chi connectivity index (χ2n) is 7.19. The smallest absolute Gasteiger partial charge is 0.265 e. The summed E-state index contributed by atoms with van der Waals surface area (Å²) in [4.78, 5) is 30.8. The number of amides is 2. The van der Waals surface area contributed by atoms with Crippen LogP contribution in [0.15, 0.2) is 40.8 Å². The molecule has 2 N–H and O–H groups in total. The molecule has 1 unspecified atom stereocenters. The number of rotatable bonds is 6. The van der Waals surface area contributed by atoms with Crippen LogP contribution in [-0.4, -0.2) is 29.5 Å². The highest BCUT2D eigenvalue weighted by molar-refractivity contribution is 7.14. The normalized spacial score (nSPS) is 15.9. The van der Waals surface area contributed by atoms with E-state index in [0.29, 0.717) is 34.5 Å². The van der Waals surface area contributed by atoms with Gasteiger partial charge in [0.25, 0.3) is 5.91 Å². The van der Waals surface area contributed by atoms with E-state index >= 15 is 0 Å². The van der Waals surface area contributed by atoms with Crippen molar-refractivity contribution < 1.29 is 18.7 Å². The average Bonchev–Trinajstić information content (AvgIpc) is 3.48. The van der Waals surface area contributed by atoms with Gasteiger partial charge >= 0.3 is 0 Å². The third-order valence-electron chi connectivity index (χ3n) is 4.88. The third kappa shape index (κ3) is 4.60. The number of ether oxygens (including phenoxy) is 1. The first-order valence-corrected chi connectivity index (χ1v) is 10.6. The van der Waals surface area contributed by atoms with Crippen LogP contribution in [0.2, 0.25) is 0 Å². The summed E-state index contributed by atoms with van der Waals surface area (Å²) in [6.07, 6.45) is 1.28. The van der Waals surface area contributed by atoms with Gasteiger partial charge in [-0.1, -0.05) is 6.07 Å². The maximum Gasteiger partial charge on any atom is 0.265 e. The van der Waals surface area contributed by atoms with Crippen LogP contribution < -0.4 is 10.6 Å². The molecule has 2 aromatic heterocycles. The molecule has 1 aliphatic rings. The fourth-order valence-corrected chi connectivity index (χ4v) is 4.03. The molecule has 0 saturated carbocycles. The number of benzene rings is 1. The van der Waals surface area contributed by atoms with E-state index < -0.39 is 0 Å². The van der Waals surface area contributed by atoms with Crippen LogP contribution >= 0.6 is 11.3 Å². The standard InChI is InChI=1S/C22H23N3O4S/c1-13-8-9-19(30-13)21(27)24-16-6-3-5-15(11-16)22-25-17(14(2)29-22)12-23-20(26)18-7-4-10-28-18/h3,5-6,8-9,11,18H,4,7,10,12H2,1-2H3,(H,23,26)(H,24,27). The van der Waals surface area contributed by atoms with Gasteiger partial charge in [-0.25, -0.2) is 4.98 Å². The summed E-state index contributed by atoms with van der Waals surface area (Å²) in [5.41, 5.74) is 2.07. The predicted octanol–water partition coefficient (Wildman–Crippen LogP) is 4.07. The third-order valence-corrected chi connectivity index (χ3v) is 5.88. The van der Waals surface area contributed by atoms with Gasteiger partial charge in [-0.3, -0.25) is 9.59 Å². The molecule has 0 radical (unpaired) electrons. The molecule has 0 bridgehead atoms. The highest BCUT2D eigenvalue weighted by Gasteiger charge is 2.24. The van der Waals surface area contributed by atoms with Gasteiger partial charge in [0.05, 0.1) is 11.4 Å². The lowest BCUT2D eigenvalue weighted by atomic mass is 10.2. The average molecular weight is 426 g/mol. The Bertz CT molecular complexity index is 1070. The minimum Gasteiger partial charge on any atom is -0.441 e. The summed E-state index contributed by atoms with van der Waals surface area (Å²) in [7, 11) is 0. The Morgan fingerprint density at radius 1 is 1.23 bits per heavy atom. The van der Waals surface area contributed by atoms with Crippen LogP contribution in [0.5, 0.6) is 0 Å². The molecule has 3 heterocycles. The molecule has 0 spiro atoms. The van der Waals surface area contributed by atoms with Crippen LogP contribution in [0, 0.1) is 13.8 Å². The number of nitrogens with one attached hydrogen (secondary N) is 2. The first-order chi connectivity index (χ1) is 14.5. The summed E-state index contributed by atoms with van der Waals surface area (Å²) in [6, 6.07) is 11.1. The maximum absolute atomic E-state index is 12.4. The summed E-state index contributed by atoms with van der Waals surface area (Å²) in [5.74, 6) is 0.814. The number of hydrogen-bond acceptors (Lipinski definition) is 6. The Hall–Kier alpha value is -2.97. The van der Waals surface area contributed by atoms with Crippen LogP contribution in [0.25, 0.3) is 11.5 Å². The fraction of sp³-hybridized carbons (Fsp3) is 0.318. The largest absolute Gasteiger partial charge is 0.441 e. The quantitative estimate of drug-likeness (QED) is 0.621. The Kier molecular flexibility index (Phi) is 5.96. The van der Waals surface area contributed by atoms with Crippen LogP contribution in [0.1, 0.15) is 38.8 Å². The monoisotopic (exact) mass is 425 g/mol. The van der Waals surface area contributed by atoms with Gasteiger partial charge < -0.3 is 19.8 Å². The molecular weight excluding hydrogens is 402 g/mol. The molecule has 1 aliphatic heterocycles. The van der Waals surface area contributed by atoms with E-state index in [1.165, 1.54) is 11.3 Å². The summed E-state index contributed by atoms with van der Waals surface area (Å²) in [5, 5.41) is 5.77. The number of thiophene rings is 1. The molecule has 1 atom stereocenters. The second-order valence-corrected chi connectivity index (χ2v) is 8.47. The Balaban J connectivity index is 1.44. The Morgan fingerprint density at radius 2 is 2.10 bits per heavy atom. The van der Waals surface area contributed by atoms with Gasteiger partial charge in [-0.05, 0) is 57.0 Å². The van der Waals surface area contributed by atoms with Crippen molar-refractivity contribution in [1.29, 1.82) is 0 Å². The number of carbonyl (C=O) groups is 2. The lowest BCUT2D eigenvalue weighted by Gasteiger charge is -2.09. The number of anilines is 1. The molecule has 3 aromatic rings. The van der Waals surface area contributed by atoms with Crippen molar-refractivity contribution in [3.8, 4) is 11.5 Å². The Morgan fingerprint density at radius 3 is 2.83 bits per heavy atom. The highest BCUT2D eigenvalue weighted by atomic mass is 32.1. The molecule has 1 aromatic carbocycles. The minimum atomic E-state index is -0.371. The zero-order valence-corrected chi connectivity index (χ0v) is 17.7. The lowest BCUT2D eigenvalue weighted by Crippen LogP contribution is -2.33. The number of hydrogen-bond donors (Lipinski definition) is 2. The Labute approximate surface area is 178 Å². The molecule has 30 heavy (non-hydrogen) atoms. The molecular formula is C22H23N3O4S. The van der Waals surface area contributed by atoms with Crippen molar-refractivity contribution >= 4 is 28.8 Å². The van der Waals surface area contributed by atoms with Crippen molar-refractivity contribution in [3.05, 3.63) is 57.6 Å². The van der Waals surface area contributed by atoms with Gasteiger partial charge in [0.15, 0.2) is 0 Å². The lowest BCUT2D eigenvalue weighted by molar-refractivity contribution is -0.130. The maximum atomic E-state index is 12.4.